The molecule has 0 aliphatic rings. The first kappa shape index (κ1) is 25.3. The van der Waals surface area contributed by atoms with Crippen LogP contribution in [0.5, 0.6) is 5.75 Å². The van der Waals surface area contributed by atoms with Crippen molar-refractivity contribution in [1.82, 2.24) is 14.3 Å². The minimum Gasteiger partial charge on any atom is -0.478 e. The van der Waals surface area contributed by atoms with Crippen molar-refractivity contribution in [3.8, 4) is 5.75 Å². The van der Waals surface area contributed by atoms with E-state index in [0.717, 1.165) is 49.1 Å². The number of benzene rings is 2. The SMILES string of the molecule is CCCn1c(CCCCc2ccc(OC(C)(C)C(=O)O)cc2)nn(Cc2ccc(C)cc2)c1=O. The molecule has 2 aromatic carbocycles. The predicted octanol–water partition coefficient (Wildman–Crippen LogP) is 4.62. The van der Waals surface area contributed by atoms with E-state index in [-0.39, 0.29) is 5.69 Å². The third-order valence-corrected chi connectivity index (χ3v) is 5.83. The zero-order valence-electron chi connectivity index (χ0n) is 20.6. The first-order valence-electron chi connectivity index (χ1n) is 11.9. The summed E-state index contributed by atoms with van der Waals surface area (Å²) in [6.07, 6.45) is 4.42. The van der Waals surface area contributed by atoms with E-state index < -0.39 is 11.6 Å². The second-order valence-electron chi connectivity index (χ2n) is 9.26. The average molecular weight is 466 g/mol. The number of ether oxygens (including phenoxy) is 1. The van der Waals surface area contributed by atoms with Crippen molar-refractivity contribution in [1.29, 1.82) is 0 Å². The van der Waals surface area contributed by atoms with Gasteiger partial charge in [-0.05, 0) is 69.7 Å². The smallest absolute Gasteiger partial charge is 0.347 e. The molecule has 0 fully saturated rings. The maximum Gasteiger partial charge on any atom is 0.347 e. The second kappa shape index (κ2) is 11.2. The molecule has 7 nitrogen and oxygen atoms in total. The number of carbonyl (C=O) groups is 1. The van der Waals surface area contributed by atoms with Crippen LogP contribution in [0.4, 0.5) is 0 Å². The molecule has 34 heavy (non-hydrogen) atoms. The van der Waals surface area contributed by atoms with E-state index in [1.165, 1.54) is 19.4 Å². The normalized spacial score (nSPS) is 11.5. The number of carboxylic acid groups (broad SMARTS) is 1. The molecule has 0 spiro atoms. The molecule has 0 aliphatic carbocycles. The Bertz CT molecular complexity index is 1140. The Balaban J connectivity index is 1.57. The fourth-order valence-electron chi connectivity index (χ4n) is 3.76. The number of hydrogen-bond donors (Lipinski definition) is 1. The van der Waals surface area contributed by atoms with Crippen LogP contribution in [0.15, 0.2) is 53.3 Å². The van der Waals surface area contributed by atoms with Gasteiger partial charge in [-0.15, -0.1) is 0 Å². The summed E-state index contributed by atoms with van der Waals surface area (Å²) in [5.41, 5.74) is 2.12. The van der Waals surface area contributed by atoms with Gasteiger partial charge in [-0.2, -0.15) is 5.10 Å². The van der Waals surface area contributed by atoms with Crippen LogP contribution < -0.4 is 10.4 Å². The zero-order chi connectivity index (χ0) is 24.7. The van der Waals surface area contributed by atoms with Crippen LogP contribution in [0.1, 0.15) is 62.5 Å². The molecule has 7 heteroatoms. The molecule has 3 rings (SSSR count). The number of carboxylic acids is 1. The quantitative estimate of drug-likeness (QED) is 0.395. The number of aromatic nitrogens is 3. The predicted molar refractivity (Wildman–Crippen MR) is 132 cm³/mol. The molecule has 1 N–H and O–H groups in total. The third-order valence-electron chi connectivity index (χ3n) is 5.83. The van der Waals surface area contributed by atoms with Crippen molar-refractivity contribution < 1.29 is 14.6 Å². The first-order valence-corrected chi connectivity index (χ1v) is 11.9. The fraction of sp³-hybridized carbons (Fsp3) is 0.444. The van der Waals surface area contributed by atoms with E-state index in [1.54, 1.807) is 4.68 Å². The molecule has 0 saturated heterocycles. The lowest BCUT2D eigenvalue weighted by molar-refractivity contribution is -0.152. The summed E-state index contributed by atoms with van der Waals surface area (Å²) in [7, 11) is 0. The third kappa shape index (κ3) is 6.59. The maximum absolute atomic E-state index is 12.9. The molecule has 1 aromatic heterocycles. The van der Waals surface area contributed by atoms with E-state index in [9.17, 15) is 14.7 Å². The van der Waals surface area contributed by atoms with Crippen LogP contribution in [0.25, 0.3) is 0 Å². The van der Waals surface area contributed by atoms with Crippen LogP contribution in [-0.4, -0.2) is 31.0 Å². The summed E-state index contributed by atoms with van der Waals surface area (Å²) in [6.45, 7) is 8.34. The Morgan fingerprint density at radius 1 is 1.00 bits per heavy atom. The van der Waals surface area contributed by atoms with Gasteiger partial charge in [0.25, 0.3) is 0 Å². The Morgan fingerprint density at radius 3 is 2.24 bits per heavy atom. The Labute approximate surface area is 201 Å². The number of rotatable bonds is 12. The number of hydrogen-bond acceptors (Lipinski definition) is 4. The van der Waals surface area contributed by atoms with E-state index in [0.29, 0.717) is 18.8 Å². The van der Waals surface area contributed by atoms with Gasteiger partial charge in [-0.1, -0.05) is 48.9 Å². The summed E-state index contributed by atoms with van der Waals surface area (Å²) >= 11 is 0. The minimum atomic E-state index is -1.27. The highest BCUT2D eigenvalue weighted by atomic mass is 16.5. The lowest BCUT2D eigenvalue weighted by Gasteiger charge is -2.21. The van der Waals surface area contributed by atoms with Gasteiger partial charge in [0.2, 0.25) is 0 Å². The van der Waals surface area contributed by atoms with Crippen LogP contribution in [-0.2, 0) is 30.7 Å². The summed E-state index contributed by atoms with van der Waals surface area (Å²) in [4.78, 5) is 24.1. The van der Waals surface area contributed by atoms with Crippen molar-refractivity contribution in [2.24, 2.45) is 0 Å². The molecular formula is C27H35N3O4. The minimum absolute atomic E-state index is 0.0442. The molecule has 1 heterocycles. The molecule has 182 valence electrons. The average Bonchev–Trinajstić information content (AvgIpc) is 3.08. The highest BCUT2D eigenvalue weighted by Crippen LogP contribution is 2.20. The molecule has 0 aliphatic heterocycles. The van der Waals surface area contributed by atoms with Gasteiger partial charge in [0.15, 0.2) is 5.60 Å². The van der Waals surface area contributed by atoms with E-state index in [1.807, 2.05) is 47.9 Å². The molecule has 0 radical (unpaired) electrons. The van der Waals surface area contributed by atoms with Gasteiger partial charge >= 0.3 is 11.7 Å². The summed E-state index contributed by atoms with van der Waals surface area (Å²) in [5.74, 6) is 0.386. The molecule has 0 unspecified atom stereocenters. The van der Waals surface area contributed by atoms with Crippen molar-refractivity contribution in [2.75, 3.05) is 0 Å². The summed E-state index contributed by atoms with van der Waals surface area (Å²) in [5, 5.41) is 13.9. The molecule has 0 atom stereocenters. The zero-order valence-corrected chi connectivity index (χ0v) is 20.6. The van der Waals surface area contributed by atoms with Crippen molar-refractivity contribution in [2.45, 2.75) is 78.5 Å². The highest BCUT2D eigenvalue weighted by molar-refractivity contribution is 5.76. The maximum atomic E-state index is 12.9. The van der Waals surface area contributed by atoms with Crippen molar-refractivity contribution in [3.63, 3.8) is 0 Å². The van der Waals surface area contributed by atoms with E-state index >= 15 is 0 Å². The first-order chi connectivity index (χ1) is 16.2. The van der Waals surface area contributed by atoms with Gasteiger partial charge in [-0.25, -0.2) is 14.3 Å². The van der Waals surface area contributed by atoms with Crippen molar-refractivity contribution >= 4 is 5.97 Å². The van der Waals surface area contributed by atoms with Gasteiger partial charge in [0, 0.05) is 13.0 Å². The number of aryl methyl sites for hydroxylation is 3. The molecule has 0 saturated carbocycles. The van der Waals surface area contributed by atoms with Crippen LogP contribution in [0.2, 0.25) is 0 Å². The Hall–Kier alpha value is -3.35. The van der Waals surface area contributed by atoms with Crippen molar-refractivity contribution in [3.05, 3.63) is 81.5 Å². The number of unbranched alkanes of at least 4 members (excludes halogenated alkanes) is 1. The van der Waals surface area contributed by atoms with Crippen LogP contribution >= 0.6 is 0 Å². The fourth-order valence-corrected chi connectivity index (χ4v) is 3.76. The number of aliphatic carboxylic acids is 1. The lowest BCUT2D eigenvalue weighted by atomic mass is 10.1. The van der Waals surface area contributed by atoms with Crippen LogP contribution in [0.3, 0.4) is 0 Å². The summed E-state index contributed by atoms with van der Waals surface area (Å²) < 4.78 is 8.94. The topological polar surface area (TPSA) is 86.3 Å². The van der Waals surface area contributed by atoms with Gasteiger partial charge in [0.05, 0.1) is 6.54 Å². The molecule has 3 aromatic rings. The molecule has 0 bridgehead atoms. The van der Waals surface area contributed by atoms with Gasteiger partial charge < -0.3 is 9.84 Å². The monoisotopic (exact) mass is 465 g/mol. The van der Waals surface area contributed by atoms with Crippen LogP contribution in [0, 0.1) is 6.92 Å². The van der Waals surface area contributed by atoms with Gasteiger partial charge in [0.1, 0.15) is 11.6 Å². The number of nitrogens with zero attached hydrogens (tertiary/aromatic N) is 3. The van der Waals surface area contributed by atoms with Gasteiger partial charge in [-0.3, -0.25) is 4.57 Å². The second-order valence-corrected chi connectivity index (χ2v) is 9.26. The Kier molecular flexibility index (Phi) is 8.31. The highest BCUT2D eigenvalue weighted by Gasteiger charge is 2.29. The Morgan fingerprint density at radius 2 is 1.62 bits per heavy atom. The van der Waals surface area contributed by atoms with E-state index in [4.69, 9.17) is 4.74 Å². The largest absolute Gasteiger partial charge is 0.478 e. The summed E-state index contributed by atoms with van der Waals surface area (Å²) in [6, 6.07) is 15.7. The molecular weight excluding hydrogens is 430 g/mol. The standard InChI is InChI=1S/C27H35N3O4/c1-5-18-29-24(28-30(26(29)33)19-22-12-10-20(2)11-13-22)9-7-6-8-21-14-16-23(17-15-21)34-27(3,4)25(31)32/h10-17H,5-9,18-19H2,1-4H3,(H,31,32). The molecule has 0 amide bonds. The lowest BCUT2D eigenvalue weighted by Crippen LogP contribution is -2.37. The van der Waals surface area contributed by atoms with E-state index in [2.05, 4.69) is 24.2 Å².